The highest BCUT2D eigenvalue weighted by Crippen LogP contribution is 2.38. The van der Waals surface area contributed by atoms with Crippen molar-refractivity contribution in [1.82, 2.24) is 4.98 Å². The van der Waals surface area contributed by atoms with Crippen LogP contribution in [0.25, 0.3) is 22.0 Å². The smallest absolute Gasteiger partial charge is 0.221 e. The maximum absolute atomic E-state index is 11.4. The minimum Gasteiger partial charge on any atom is -0.398 e. The molecule has 0 unspecified atom stereocenters. The van der Waals surface area contributed by atoms with E-state index in [0.29, 0.717) is 0 Å². The first-order chi connectivity index (χ1) is 15.1. The van der Waals surface area contributed by atoms with Crippen molar-refractivity contribution in [2.24, 2.45) is 0 Å². The van der Waals surface area contributed by atoms with Crippen LogP contribution in [0.5, 0.6) is 0 Å². The molecule has 0 radical (unpaired) electrons. The zero-order valence-corrected chi connectivity index (χ0v) is 18.7. The van der Waals surface area contributed by atoms with E-state index in [4.69, 9.17) is 10.7 Å². The Kier molecular flexibility index (Phi) is 6.01. The number of carbonyl (C=O) groups is 1. The molecule has 0 saturated carbocycles. The third-order valence-electron chi connectivity index (χ3n) is 5.77. The second kappa shape index (κ2) is 8.89. The van der Waals surface area contributed by atoms with E-state index in [9.17, 15) is 4.79 Å². The van der Waals surface area contributed by atoms with Gasteiger partial charge in [0.2, 0.25) is 5.91 Å². The minimum absolute atomic E-state index is 0. The lowest BCUT2D eigenvalue weighted by atomic mass is 10.0. The van der Waals surface area contributed by atoms with E-state index < -0.39 is 0 Å². The number of anilines is 3. The van der Waals surface area contributed by atoms with Gasteiger partial charge in [-0.3, -0.25) is 4.79 Å². The van der Waals surface area contributed by atoms with E-state index in [0.717, 1.165) is 64.3 Å². The van der Waals surface area contributed by atoms with Crippen LogP contribution in [-0.2, 0) is 17.8 Å². The Morgan fingerprint density at radius 2 is 1.81 bits per heavy atom. The standard InChI is InChI=1S/C26H24N4O.ClH/c1-17(31)28-21-9-5-8-19(14-21)20-10-11-24-23(15-20)25(27)22-12-13-30(26(22)29-24)16-18-6-3-2-4-7-18;/h2-11,14-15H,12-13,16H2,1H3,(H2,27,29)(H,28,31);1H. The maximum atomic E-state index is 11.4. The molecule has 0 saturated heterocycles. The SMILES string of the molecule is CC(=O)Nc1cccc(-c2ccc3nc4c(c(N)c3c2)CCN4Cc2ccccc2)c1.Cl. The fraction of sp³-hybridized carbons (Fsp3) is 0.154. The number of nitrogens with one attached hydrogen (secondary N) is 1. The van der Waals surface area contributed by atoms with Crippen molar-refractivity contribution in [3.63, 3.8) is 0 Å². The van der Waals surface area contributed by atoms with Crippen LogP contribution in [0.1, 0.15) is 18.1 Å². The number of amides is 1. The minimum atomic E-state index is -0.0836. The van der Waals surface area contributed by atoms with Gasteiger partial charge >= 0.3 is 0 Å². The van der Waals surface area contributed by atoms with E-state index >= 15 is 0 Å². The molecule has 3 aromatic carbocycles. The van der Waals surface area contributed by atoms with E-state index in [1.807, 2.05) is 36.4 Å². The second-order valence-corrected chi connectivity index (χ2v) is 7.98. The molecule has 32 heavy (non-hydrogen) atoms. The number of pyridine rings is 1. The molecule has 1 aromatic heterocycles. The van der Waals surface area contributed by atoms with Crippen molar-refractivity contribution in [2.45, 2.75) is 19.9 Å². The van der Waals surface area contributed by atoms with Gasteiger partial charge in [-0.1, -0.05) is 48.5 Å². The van der Waals surface area contributed by atoms with Crippen LogP contribution < -0.4 is 16.0 Å². The Balaban J connectivity index is 0.00000245. The lowest BCUT2D eigenvalue weighted by Gasteiger charge is -2.19. The highest BCUT2D eigenvalue weighted by molar-refractivity contribution is 5.98. The molecule has 0 aliphatic carbocycles. The molecule has 0 bridgehead atoms. The first-order valence-electron chi connectivity index (χ1n) is 10.5. The van der Waals surface area contributed by atoms with Crippen LogP contribution in [-0.4, -0.2) is 17.4 Å². The maximum Gasteiger partial charge on any atom is 0.221 e. The molecule has 0 spiro atoms. The first kappa shape index (κ1) is 21.7. The lowest BCUT2D eigenvalue weighted by molar-refractivity contribution is -0.114. The van der Waals surface area contributed by atoms with Gasteiger partial charge in [0, 0.05) is 42.3 Å². The average Bonchev–Trinajstić information content (AvgIpc) is 3.17. The number of nitrogens with zero attached hydrogens (tertiary/aromatic N) is 2. The predicted molar refractivity (Wildman–Crippen MR) is 134 cm³/mol. The van der Waals surface area contributed by atoms with Crippen molar-refractivity contribution >= 4 is 46.4 Å². The van der Waals surface area contributed by atoms with Gasteiger partial charge in [0.05, 0.1) is 5.52 Å². The molecule has 5 nitrogen and oxygen atoms in total. The van der Waals surface area contributed by atoms with Crippen molar-refractivity contribution in [1.29, 1.82) is 0 Å². The number of nitrogens with two attached hydrogens (primary N) is 1. The summed E-state index contributed by atoms with van der Waals surface area (Å²) in [5, 5.41) is 3.82. The van der Waals surface area contributed by atoms with Gasteiger partial charge in [0.25, 0.3) is 0 Å². The number of rotatable bonds is 4. The monoisotopic (exact) mass is 444 g/mol. The van der Waals surface area contributed by atoms with Crippen molar-refractivity contribution in [3.05, 3.63) is 83.9 Å². The molecule has 1 amide bonds. The van der Waals surface area contributed by atoms with Crippen LogP contribution in [0.2, 0.25) is 0 Å². The number of carbonyl (C=O) groups excluding carboxylic acids is 1. The third kappa shape index (κ3) is 4.12. The number of aromatic nitrogens is 1. The Morgan fingerprint density at radius 1 is 1.03 bits per heavy atom. The lowest BCUT2D eigenvalue weighted by Crippen LogP contribution is -2.20. The zero-order chi connectivity index (χ0) is 21.4. The molecule has 1 aliphatic heterocycles. The molecule has 5 rings (SSSR count). The third-order valence-corrected chi connectivity index (χ3v) is 5.77. The Morgan fingerprint density at radius 3 is 2.59 bits per heavy atom. The van der Waals surface area contributed by atoms with Crippen LogP contribution in [0, 0.1) is 0 Å². The zero-order valence-electron chi connectivity index (χ0n) is 17.8. The fourth-order valence-corrected chi connectivity index (χ4v) is 4.29. The largest absolute Gasteiger partial charge is 0.398 e. The number of benzene rings is 3. The summed E-state index contributed by atoms with van der Waals surface area (Å²) >= 11 is 0. The number of hydrogen-bond donors (Lipinski definition) is 2. The van der Waals surface area contributed by atoms with Crippen LogP contribution in [0.15, 0.2) is 72.8 Å². The summed E-state index contributed by atoms with van der Waals surface area (Å²) in [5.41, 5.74) is 13.6. The fourth-order valence-electron chi connectivity index (χ4n) is 4.29. The van der Waals surface area contributed by atoms with Gasteiger partial charge in [0.15, 0.2) is 0 Å². The quantitative estimate of drug-likeness (QED) is 0.440. The van der Waals surface area contributed by atoms with Gasteiger partial charge in [0.1, 0.15) is 5.82 Å². The Bertz CT molecular complexity index is 1290. The average molecular weight is 445 g/mol. The first-order valence-corrected chi connectivity index (χ1v) is 10.5. The van der Waals surface area contributed by atoms with Gasteiger partial charge in [-0.25, -0.2) is 4.98 Å². The van der Waals surface area contributed by atoms with Crippen molar-refractivity contribution < 1.29 is 4.79 Å². The molecule has 2 heterocycles. The predicted octanol–water partition coefficient (Wildman–Crippen LogP) is 5.43. The molecule has 0 atom stereocenters. The second-order valence-electron chi connectivity index (χ2n) is 7.98. The van der Waals surface area contributed by atoms with Gasteiger partial charge in [-0.05, 0) is 47.4 Å². The summed E-state index contributed by atoms with van der Waals surface area (Å²) in [6.45, 7) is 3.26. The van der Waals surface area contributed by atoms with E-state index in [1.54, 1.807) is 0 Å². The number of hydrogen-bond acceptors (Lipinski definition) is 4. The molecule has 0 fully saturated rings. The summed E-state index contributed by atoms with van der Waals surface area (Å²) in [6, 6.07) is 24.5. The molecule has 3 N–H and O–H groups in total. The molecule has 6 heteroatoms. The number of fused-ring (bicyclic) bond motifs is 2. The molecule has 1 aliphatic rings. The number of halogens is 1. The molecular weight excluding hydrogens is 420 g/mol. The van der Waals surface area contributed by atoms with Crippen LogP contribution in [0.3, 0.4) is 0 Å². The Labute approximate surface area is 193 Å². The van der Waals surface area contributed by atoms with Crippen molar-refractivity contribution in [3.8, 4) is 11.1 Å². The topological polar surface area (TPSA) is 71.2 Å². The van der Waals surface area contributed by atoms with E-state index in [2.05, 4.69) is 46.6 Å². The number of nitrogen functional groups attached to an aromatic ring is 1. The van der Waals surface area contributed by atoms with Crippen LogP contribution >= 0.6 is 12.4 Å². The summed E-state index contributed by atoms with van der Waals surface area (Å²) in [4.78, 5) is 18.7. The molecular formula is C26H25ClN4O. The van der Waals surface area contributed by atoms with Crippen LogP contribution in [0.4, 0.5) is 17.2 Å². The normalized spacial score (nSPS) is 12.3. The van der Waals surface area contributed by atoms with Gasteiger partial charge in [-0.2, -0.15) is 0 Å². The highest BCUT2D eigenvalue weighted by atomic mass is 35.5. The van der Waals surface area contributed by atoms with Gasteiger partial charge < -0.3 is 16.0 Å². The Hall–Kier alpha value is -3.57. The summed E-state index contributed by atoms with van der Waals surface area (Å²) in [6.07, 6.45) is 0.902. The summed E-state index contributed by atoms with van der Waals surface area (Å²) in [7, 11) is 0. The van der Waals surface area contributed by atoms with Crippen molar-refractivity contribution in [2.75, 3.05) is 22.5 Å². The van der Waals surface area contributed by atoms with E-state index in [-0.39, 0.29) is 18.3 Å². The van der Waals surface area contributed by atoms with Gasteiger partial charge in [-0.15, -0.1) is 12.4 Å². The highest BCUT2D eigenvalue weighted by Gasteiger charge is 2.24. The van der Waals surface area contributed by atoms with E-state index in [1.165, 1.54) is 12.5 Å². The molecule has 4 aromatic rings. The summed E-state index contributed by atoms with van der Waals surface area (Å²) in [5.74, 6) is 0.911. The molecule has 162 valence electrons. The summed E-state index contributed by atoms with van der Waals surface area (Å²) < 4.78 is 0.